The maximum atomic E-state index is 12.8. The molecular weight excluding hydrogens is 360 g/mol. The molecule has 2 aromatic heterocycles. The lowest BCUT2D eigenvalue weighted by Crippen LogP contribution is -2.51. The van der Waals surface area contributed by atoms with E-state index >= 15 is 0 Å². The number of sulfonamides is 1. The molecule has 0 unspecified atom stereocenters. The molecule has 3 rings (SSSR count). The summed E-state index contributed by atoms with van der Waals surface area (Å²) in [6, 6.07) is 0. The van der Waals surface area contributed by atoms with Crippen LogP contribution >= 0.6 is 0 Å². The van der Waals surface area contributed by atoms with Gasteiger partial charge in [0.05, 0.1) is 12.1 Å². The number of hydrogen-bond acceptors (Lipinski definition) is 7. The fraction of sp³-hybridized carbons (Fsp3) is 0.562. The van der Waals surface area contributed by atoms with E-state index in [0.29, 0.717) is 30.2 Å². The van der Waals surface area contributed by atoms with E-state index in [1.165, 1.54) is 4.31 Å². The Kier molecular flexibility index (Phi) is 4.89. The highest BCUT2D eigenvalue weighted by atomic mass is 32.2. The van der Waals surface area contributed by atoms with Crippen molar-refractivity contribution in [2.75, 3.05) is 26.2 Å². The third-order valence-electron chi connectivity index (χ3n) is 4.67. The van der Waals surface area contributed by atoms with Gasteiger partial charge in [0.25, 0.3) is 0 Å². The van der Waals surface area contributed by atoms with Crippen molar-refractivity contribution in [2.24, 2.45) is 0 Å². The molecule has 0 bridgehead atoms. The number of carbonyl (C=O) groups excluding carboxylic acids is 1. The summed E-state index contributed by atoms with van der Waals surface area (Å²) in [5, 5.41) is 7.57. The van der Waals surface area contributed by atoms with Gasteiger partial charge < -0.3 is 13.9 Å². The van der Waals surface area contributed by atoms with Gasteiger partial charge in [0, 0.05) is 31.7 Å². The number of carbonyl (C=O) groups is 1. The lowest BCUT2D eigenvalue weighted by molar-refractivity contribution is -0.131. The Hall–Kier alpha value is -2.20. The van der Waals surface area contributed by atoms with Gasteiger partial charge in [-0.3, -0.25) is 4.79 Å². The molecule has 1 amide bonds. The zero-order valence-corrected chi connectivity index (χ0v) is 16.1. The molecule has 142 valence electrons. The summed E-state index contributed by atoms with van der Waals surface area (Å²) in [5.41, 5.74) is 1.84. The standard InChI is InChI=1S/C16H22N4O5S/c1-10-14(12(3)24-17-10)9-15(21)19-5-7-20(8-6-19)26(22,23)16-11(2)18-25-13(16)4/h5-9H2,1-4H3. The summed E-state index contributed by atoms with van der Waals surface area (Å²) in [6.07, 6.45) is 0.206. The normalized spacial score (nSPS) is 16.2. The molecule has 0 radical (unpaired) electrons. The van der Waals surface area contributed by atoms with Crippen molar-refractivity contribution in [3.63, 3.8) is 0 Å². The van der Waals surface area contributed by atoms with Gasteiger partial charge in [-0.15, -0.1) is 0 Å². The van der Waals surface area contributed by atoms with Crippen LogP contribution < -0.4 is 0 Å². The van der Waals surface area contributed by atoms with Crippen LogP contribution in [-0.4, -0.2) is 60.0 Å². The van der Waals surface area contributed by atoms with E-state index in [2.05, 4.69) is 10.3 Å². The maximum Gasteiger partial charge on any atom is 0.248 e. The zero-order chi connectivity index (χ0) is 19.1. The Morgan fingerprint density at radius 1 is 0.962 bits per heavy atom. The summed E-state index contributed by atoms with van der Waals surface area (Å²) in [4.78, 5) is 14.3. The monoisotopic (exact) mass is 382 g/mol. The largest absolute Gasteiger partial charge is 0.361 e. The second-order valence-electron chi connectivity index (χ2n) is 6.42. The second kappa shape index (κ2) is 6.84. The van der Waals surface area contributed by atoms with Gasteiger partial charge in [-0.2, -0.15) is 4.31 Å². The van der Waals surface area contributed by atoms with Crippen LogP contribution in [0, 0.1) is 27.7 Å². The predicted molar refractivity (Wildman–Crippen MR) is 91.0 cm³/mol. The van der Waals surface area contributed by atoms with E-state index in [1.807, 2.05) is 0 Å². The van der Waals surface area contributed by atoms with Gasteiger partial charge in [-0.1, -0.05) is 10.3 Å². The highest BCUT2D eigenvalue weighted by Gasteiger charge is 2.34. The minimum absolute atomic E-state index is 0.0613. The van der Waals surface area contributed by atoms with E-state index < -0.39 is 10.0 Å². The van der Waals surface area contributed by atoms with E-state index in [4.69, 9.17) is 9.05 Å². The summed E-state index contributed by atoms with van der Waals surface area (Å²) in [6.45, 7) is 7.90. The number of nitrogens with zero attached hydrogens (tertiary/aromatic N) is 4. The molecule has 2 aromatic rings. The van der Waals surface area contributed by atoms with Gasteiger partial charge in [0.15, 0.2) is 5.76 Å². The number of piperazine rings is 1. The van der Waals surface area contributed by atoms with Gasteiger partial charge in [0.1, 0.15) is 16.3 Å². The van der Waals surface area contributed by atoms with Crippen LogP contribution in [0.3, 0.4) is 0 Å². The molecule has 1 saturated heterocycles. The molecule has 0 saturated carbocycles. The lowest BCUT2D eigenvalue weighted by Gasteiger charge is -2.34. The van der Waals surface area contributed by atoms with Crippen LogP contribution in [0.25, 0.3) is 0 Å². The summed E-state index contributed by atoms with van der Waals surface area (Å²) in [7, 11) is -3.68. The molecule has 3 heterocycles. The molecule has 10 heteroatoms. The van der Waals surface area contributed by atoms with Gasteiger partial charge in [-0.05, 0) is 27.7 Å². The molecule has 1 fully saturated rings. The molecule has 0 atom stereocenters. The highest BCUT2D eigenvalue weighted by molar-refractivity contribution is 7.89. The van der Waals surface area contributed by atoms with Crippen molar-refractivity contribution in [3.05, 3.63) is 28.5 Å². The van der Waals surface area contributed by atoms with Crippen LogP contribution in [0.1, 0.15) is 28.5 Å². The Bertz CT molecular complexity index is 884. The van der Waals surface area contributed by atoms with Crippen LogP contribution in [0.4, 0.5) is 0 Å². The van der Waals surface area contributed by atoms with E-state index in [-0.39, 0.29) is 36.1 Å². The first-order valence-electron chi connectivity index (χ1n) is 8.34. The van der Waals surface area contributed by atoms with E-state index in [0.717, 1.165) is 5.56 Å². The topological polar surface area (TPSA) is 110 Å². The minimum Gasteiger partial charge on any atom is -0.361 e. The molecule has 0 spiro atoms. The van der Waals surface area contributed by atoms with Gasteiger partial charge in [0.2, 0.25) is 15.9 Å². The van der Waals surface area contributed by atoms with Crippen molar-refractivity contribution < 1.29 is 22.3 Å². The number of aryl methyl sites for hydroxylation is 4. The molecule has 1 aliphatic heterocycles. The molecule has 26 heavy (non-hydrogen) atoms. The fourth-order valence-corrected chi connectivity index (χ4v) is 4.88. The number of amides is 1. The summed E-state index contributed by atoms with van der Waals surface area (Å²) in [5.74, 6) is 0.851. The van der Waals surface area contributed by atoms with Gasteiger partial charge >= 0.3 is 0 Å². The van der Waals surface area contributed by atoms with Crippen molar-refractivity contribution in [3.8, 4) is 0 Å². The molecule has 0 N–H and O–H groups in total. The SMILES string of the molecule is Cc1noc(C)c1CC(=O)N1CCN(S(=O)(=O)c2c(C)noc2C)CC1. The van der Waals surface area contributed by atoms with Crippen LogP contribution in [0.2, 0.25) is 0 Å². The summed E-state index contributed by atoms with van der Waals surface area (Å²) >= 11 is 0. The Balaban J connectivity index is 1.67. The van der Waals surface area contributed by atoms with Crippen molar-refractivity contribution in [2.45, 2.75) is 39.0 Å². The zero-order valence-electron chi connectivity index (χ0n) is 15.3. The smallest absolute Gasteiger partial charge is 0.248 e. The molecule has 0 aromatic carbocycles. The predicted octanol–water partition coefficient (Wildman–Crippen LogP) is 0.972. The Morgan fingerprint density at radius 2 is 1.54 bits per heavy atom. The molecule has 0 aliphatic carbocycles. The van der Waals surface area contributed by atoms with Gasteiger partial charge in [-0.25, -0.2) is 8.42 Å². The quantitative estimate of drug-likeness (QED) is 0.775. The van der Waals surface area contributed by atoms with Crippen molar-refractivity contribution in [1.29, 1.82) is 0 Å². The number of aromatic nitrogens is 2. The first kappa shape index (κ1) is 18.6. The van der Waals surface area contributed by atoms with Crippen LogP contribution in [0.5, 0.6) is 0 Å². The molecular formula is C16H22N4O5S. The number of rotatable bonds is 4. The van der Waals surface area contributed by atoms with E-state index in [9.17, 15) is 13.2 Å². The highest BCUT2D eigenvalue weighted by Crippen LogP contribution is 2.24. The second-order valence-corrected chi connectivity index (χ2v) is 8.29. The van der Waals surface area contributed by atoms with Crippen molar-refractivity contribution >= 4 is 15.9 Å². The van der Waals surface area contributed by atoms with Crippen LogP contribution in [-0.2, 0) is 21.2 Å². The molecule has 9 nitrogen and oxygen atoms in total. The molecule has 1 aliphatic rings. The minimum atomic E-state index is -3.68. The van der Waals surface area contributed by atoms with E-state index in [1.54, 1.807) is 32.6 Å². The number of hydrogen-bond donors (Lipinski definition) is 0. The third kappa shape index (κ3) is 3.26. The maximum absolute atomic E-state index is 12.8. The summed E-state index contributed by atoms with van der Waals surface area (Å²) < 4.78 is 37.1. The Labute approximate surface area is 152 Å². The Morgan fingerprint density at radius 3 is 2.04 bits per heavy atom. The first-order valence-corrected chi connectivity index (χ1v) is 9.78. The average Bonchev–Trinajstić information content (AvgIpc) is 3.11. The van der Waals surface area contributed by atoms with Crippen molar-refractivity contribution in [1.82, 2.24) is 19.5 Å². The first-order chi connectivity index (χ1) is 12.2. The average molecular weight is 382 g/mol. The fourth-order valence-electron chi connectivity index (χ4n) is 3.17. The third-order valence-corrected chi connectivity index (χ3v) is 6.81. The lowest BCUT2D eigenvalue weighted by atomic mass is 10.1. The van der Waals surface area contributed by atoms with Crippen LogP contribution in [0.15, 0.2) is 13.9 Å².